The average Bonchev–Trinajstić information content (AvgIpc) is 2.97. The van der Waals surface area contributed by atoms with E-state index in [4.69, 9.17) is 10.7 Å². The van der Waals surface area contributed by atoms with Crippen molar-refractivity contribution >= 4 is 25.4 Å². The summed E-state index contributed by atoms with van der Waals surface area (Å²) in [6, 6.07) is 3.70. The number of imidazole rings is 1. The Morgan fingerprint density at radius 1 is 1.47 bits per heavy atom. The SMILES string of the molecule is Cc1ccn2c(S(=O)(=O)Cl)c(C3CC3)nc2c1. The van der Waals surface area contributed by atoms with Crippen LogP contribution in [0.5, 0.6) is 0 Å². The number of halogens is 1. The molecule has 4 nitrogen and oxygen atoms in total. The Balaban J connectivity index is 2.39. The molecule has 1 saturated carbocycles. The van der Waals surface area contributed by atoms with Gasteiger partial charge in [-0.2, -0.15) is 0 Å². The molecule has 6 heteroatoms. The largest absolute Gasteiger partial charge is 0.289 e. The van der Waals surface area contributed by atoms with Crippen LogP contribution in [0, 0.1) is 6.92 Å². The fourth-order valence-electron chi connectivity index (χ4n) is 2.01. The van der Waals surface area contributed by atoms with E-state index in [0.29, 0.717) is 11.3 Å². The predicted octanol–water partition coefficient (Wildman–Crippen LogP) is 2.45. The van der Waals surface area contributed by atoms with Crippen molar-refractivity contribution in [1.29, 1.82) is 0 Å². The number of rotatable bonds is 2. The molecule has 3 rings (SSSR count). The van der Waals surface area contributed by atoms with Gasteiger partial charge in [-0.25, -0.2) is 13.4 Å². The molecule has 0 spiro atoms. The van der Waals surface area contributed by atoms with Gasteiger partial charge in [0, 0.05) is 22.8 Å². The molecule has 2 heterocycles. The molecule has 2 aromatic heterocycles. The standard InChI is InChI=1S/C11H11ClN2O2S/c1-7-4-5-14-9(6-7)13-10(8-2-3-8)11(14)17(12,15)16/h4-6,8H,2-3H2,1H3. The Morgan fingerprint density at radius 3 is 2.76 bits per heavy atom. The Bertz CT molecular complexity index is 702. The first kappa shape index (κ1) is 11.0. The van der Waals surface area contributed by atoms with Crippen LogP contribution in [-0.2, 0) is 9.05 Å². The second kappa shape index (κ2) is 3.46. The molecule has 1 aliphatic carbocycles. The second-order valence-electron chi connectivity index (χ2n) is 4.45. The van der Waals surface area contributed by atoms with Gasteiger partial charge in [0.15, 0.2) is 5.03 Å². The van der Waals surface area contributed by atoms with Gasteiger partial charge in [0.1, 0.15) is 5.65 Å². The summed E-state index contributed by atoms with van der Waals surface area (Å²) in [7, 11) is 1.75. The van der Waals surface area contributed by atoms with Crippen molar-refractivity contribution in [3.8, 4) is 0 Å². The third kappa shape index (κ3) is 1.83. The molecular formula is C11H11ClN2O2S. The Labute approximate surface area is 104 Å². The number of hydrogen-bond donors (Lipinski definition) is 0. The lowest BCUT2D eigenvalue weighted by atomic mass is 10.3. The van der Waals surface area contributed by atoms with E-state index >= 15 is 0 Å². The monoisotopic (exact) mass is 270 g/mol. The van der Waals surface area contributed by atoms with E-state index in [-0.39, 0.29) is 10.9 Å². The van der Waals surface area contributed by atoms with E-state index in [1.54, 1.807) is 10.6 Å². The van der Waals surface area contributed by atoms with Crippen molar-refractivity contribution in [2.75, 3.05) is 0 Å². The van der Waals surface area contributed by atoms with Crippen LogP contribution < -0.4 is 0 Å². The van der Waals surface area contributed by atoms with Gasteiger partial charge in [0.25, 0.3) is 9.05 Å². The molecule has 0 amide bonds. The minimum Gasteiger partial charge on any atom is -0.289 e. The molecule has 0 radical (unpaired) electrons. The van der Waals surface area contributed by atoms with Gasteiger partial charge < -0.3 is 0 Å². The molecule has 1 fully saturated rings. The number of fused-ring (bicyclic) bond motifs is 1. The summed E-state index contributed by atoms with van der Waals surface area (Å²) in [6.07, 6.45) is 3.68. The first-order chi connectivity index (χ1) is 7.97. The van der Waals surface area contributed by atoms with Gasteiger partial charge in [-0.15, -0.1) is 0 Å². The number of nitrogens with zero attached hydrogens (tertiary/aromatic N) is 2. The van der Waals surface area contributed by atoms with Crippen molar-refractivity contribution in [1.82, 2.24) is 9.38 Å². The van der Waals surface area contributed by atoms with Gasteiger partial charge in [0.2, 0.25) is 0 Å². The van der Waals surface area contributed by atoms with E-state index < -0.39 is 9.05 Å². The zero-order chi connectivity index (χ0) is 12.2. The summed E-state index contributed by atoms with van der Waals surface area (Å²) < 4.78 is 24.9. The van der Waals surface area contributed by atoms with Crippen LogP contribution in [0.4, 0.5) is 0 Å². The van der Waals surface area contributed by atoms with E-state index in [1.807, 2.05) is 19.1 Å². The van der Waals surface area contributed by atoms with Gasteiger partial charge in [-0.1, -0.05) is 0 Å². The van der Waals surface area contributed by atoms with Crippen LogP contribution >= 0.6 is 10.7 Å². The zero-order valence-corrected chi connectivity index (χ0v) is 10.8. The van der Waals surface area contributed by atoms with Crippen LogP contribution in [-0.4, -0.2) is 17.8 Å². The van der Waals surface area contributed by atoms with E-state index in [2.05, 4.69) is 4.98 Å². The molecule has 17 heavy (non-hydrogen) atoms. The first-order valence-corrected chi connectivity index (χ1v) is 7.71. The molecule has 0 unspecified atom stereocenters. The fourth-order valence-corrected chi connectivity index (χ4v) is 3.32. The number of hydrogen-bond acceptors (Lipinski definition) is 3. The Kier molecular flexibility index (Phi) is 2.25. The summed E-state index contributed by atoms with van der Waals surface area (Å²) in [5, 5.41) is 0.136. The maximum atomic E-state index is 11.7. The number of aryl methyl sites for hydroxylation is 1. The third-order valence-corrected chi connectivity index (χ3v) is 4.26. The Hall–Kier alpha value is -1.07. The number of pyridine rings is 1. The van der Waals surface area contributed by atoms with Crippen molar-refractivity contribution in [2.45, 2.75) is 30.7 Å². The highest BCUT2D eigenvalue weighted by molar-refractivity contribution is 8.13. The average molecular weight is 271 g/mol. The highest BCUT2D eigenvalue weighted by Gasteiger charge is 2.34. The van der Waals surface area contributed by atoms with Gasteiger partial charge in [0.05, 0.1) is 5.69 Å². The molecule has 0 atom stereocenters. The van der Waals surface area contributed by atoms with E-state index in [0.717, 1.165) is 18.4 Å². The lowest BCUT2D eigenvalue weighted by Gasteiger charge is -2.00. The van der Waals surface area contributed by atoms with Gasteiger partial charge in [-0.3, -0.25) is 4.40 Å². The van der Waals surface area contributed by atoms with E-state index in [9.17, 15) is 8.42 Å². The van der Waals surface area contributed by atoms with Crippen LogP contribution in [0.2, 0.25) is 0 Å². The molecule has 0 aromatic carbocycles. The lowest BCUT2D eigenvalue weighted by molar-refractivity contribution is 0.603. The van der Waals surface area contributed by atoms with Gasteiger partial charge >= 0.3 is 0 Å². The normalized spacial score (nSPS) is 16.6. The third-order valence-electron chi connectivity index (χ3n) is 2.96. The highest BCUT2D eigenvalue weighted by Crippen LogP contribution is 2.43. The van der Waals surface area contributed by atoms with Crippen LogP contribution in [0.1, 0.15) is 30.0 Å². The van der Waals surface area contributed by atoms with Crippen LogP contribution in [0.15, 0.2) is 23.4 Å². The summed E-state index contributed by atoms with van der Waals surface area (Å²) in [5.74, 6) is 0.249. The van der Waals surface area contributed by atoms with E-state index in [1.165, 1.54) is 0 Å². The molecule has 0 N–H and O–H groups in total. The summed E-state index contributed by atoms with van der Waals surface area (Å²) in [4.78, 5) is 4.40. The molecule has 90 valence electrons. The predicted molar refractivity (Wildman–Crippen MR) is 64.9 cm³/mol. The molecular weight excluding hydrogens is 260 g/mol. The quantitative estimate of drug-likeness (QED) is 0.788. The van der Waals surface area contributed by atoms with Crippen molar-refractivity contribution in [3.63, 3.8) is 0 Å². The molecule has 0 bridgehead atoms. The second-order valence-corrected chi connectivity index (χ2v) is 6.93. The summed E-state index contributed by atoms with van der Waals surface area (Å²) in [5.41, 5.74) is 2.31. The maximum Gasteiger partial charge on any atom is 0.279 e. The first-order valence-electron chi connectivity index (χ1n) is 5.40. The summed E-state index contributed by atoms with van der Waals surface area (Å²) >= 11 is 0. The van der Waals surface area contributed by atoms with Crippen LogP contribution in [0.3, 0.4) is 0 Å². The van der Waals surface area contributed by atoms with Crippen molar-refractivity contribution in [2.24, 2.45) is 0 Å². The lowest BCUT2D eigenvalue weighted by Crippen LogP contribution is -2.00. The maximum absolute atomic E-state index is 11.7. The topological polar surface area (TPSA) is 51.4 Å². The minimum absolute atomic E-state index is 0.136. The fraction of sp³-hybridized carbons (Fsp3) is 0.364. The van der Waals surface area contributed by atoms with Crippen LogP contribution in [0.25, 0.3) is 5.65 Å². The van der Waals surface area contributed by atoms with Crippen molar-refractivity contribution in [3.05, 3.63) is 29.6 Å². The highest BCUT2D eigenvalue weighted by atomic mass is 35.7. The van der Waals surface area contributed by atoms with Crippen molar-refractivity contribution < 1.29 is 8.42 Å². The summed E-state index contributed by atoms with van der Waals surface area (Å²) in [6.45, 7) is 1.94. The molecule has 1 aliphatic rings. The number of aromatic nitrogens is 2. The molecule has 0 saturated heterocycles. The minimum atomic E-state index is -3.76. The molecule has 0 aliphatic heterocycles. The molecule has 2 aromatic rings. The van der Waals surface area contributed by atoms with Gasteiger partial charge in [-0.05, 0) is 37.5 Å². The smallest absolute Gasteiger partial charge is 0.279 e. The zero-order valence-electron chi connectivity index (χ0n) is 9.22. The Morgan fingerprint density at radius 2 is 2.18 bits per heavy atom.